The standard InChI is InChI=1S/C57H84N16O17S/c1-29(2)46(56(88)69-39(21-31-9-5-4-6-10-31)53(85)67-38(17-19-45(61)78)51(83)70-41(57(89)90)22-32-12-14-34(76)15-13-32)73-47(79)30(3)64-52(84)40(23-33-24-62-28-63-33)68-50(82)37(16-18-44(60)77)66-49(81)36(11-7-8-20-58)65-54(86)42(26-75)71-55(87)43(27-91)72-48(80)35(59)25-74/h4-6,9-10,12-15,24,28-30,35-43,46,74-76,91H,7-8,11,16-23,25-27,58-59H2,1-3H3,(H2,60,77)(H2,61,78)(H,62,63)(H,64,84)(H,65,86)(H,66,81)(H,67,85)(H,68,82)(H,69,88)(H,70,83)(H,71,87)(H,72,80)(H,73,79)(H,89,90)/t30-,35-,36-,37-,38-,39-,40-,41-,42-,43-,46-/m0/s1. The van der Waals surface area contributed by atoms with E-state index in [1.807, 2.05) is 0 Å². The summed E-state index contributed by atoms with van der Waals surface area (Å²) in [6.07, 6.45) is 0.613. The van der Waals surface area contributed by atoms with Gasteiger partial charge in [0, 0.05) is 44.1 Å². The average Bonchev–Trinajstić information content (AvgIpc) is 1.52. The maximum absolute atomic E-state index is 14.3. The zero-order chi connectivity index (χ0) is 67.9. The number of primary amides is 2. The van der Waals surface area contributed by atoms with Gasteiger partial charge in [-0.25, -0.2) is 9.78 Å². The third-order valence-corrected chi connectivity index (χ3v) is 14.2. The number of benzene rings is 2. The summed E-state index contributed by atoms with van der Waals surface area (Å²) in [5, 5.41) is 63.5. The number of carbonyl (C=O) groups excluding carboxylic acids is 12. The molecule has 3 rings (SSSR count). The van der Waals surface area contributed by atoms with Gasteiger partial charge in [-0.15, -0.1) is 0 Å². The number of phenolic OH excluding ortho intramolecular Hbond substituents is 1. The minimum Gasteiger partial charge on any atom is -0.508 e. The fourth-order valence-electron chi connectivity index (χ4n) is 8.66. The van der Waals surface area contributed by atoms with Gasteiger partial charge in [-0.3, -0.25) is 57.5 Å². The summed E-state index contributed by atoms with van der Waals surface area (Å²) >= 11 is 4.04. The molecule has 0 fully saturated rings. The van der Waals surface area contributed by atoms with E-state index in [4.69, 9.17) is 22.9 Å². The molecule has 11 atom stereocenters. The number of nitrogens with zero attached hydrogens (tertiary/aromatic N) is 1. The number of aliphatic hydroxyl groups is 2. The Bertz CT molecular complexity index is 2940. The number of nitrogens with one attached hydrogen (secondary N) is 11. The number of aliphatic hydroxyl groups excluding tert-OH is 2. The lowest BCUT2D eigenvalue weighted by Gasteiger charge is -2.28. The van der Waals surface area contributed by atoms with Gasteiger partial charge < -0.3 is 102 Å². The van der Waals surface area contributed by atoms with Crippen molar-refractivity contribution in [1.29, 1.82) is 0 Å². The smallest absolute Gasteiger partial charge is 0.326 e. The number of nitrogens with two attached hydrogens (primary N) is 4. The molecule has 0 aliphatic carbocycles. The van der Waals surface area contributed by atoms with Crippen LogP contribution in [0.5, 0.6) is 5.75 Å². The Kier molecular flexibility index (Phi) is 32.6. The summed E-state index contributed by atoms with van der Waals surface area (Å²) in [4.78, 5) is 181. The fraction of sp³-hybridized carbons (Fsp3) is 0.509. The second kappa shape index (κ2) is 39.0. The molecule has 91 heavy (non-hydrogen) atoms. The van der Waals surface area contributed by atoms with E-state index >= 15 is 0 Å². The minimum absolute atomic E-state index is 0.0840. The summed E-state index contributed by atoms with van der Waals surface area (Å²) in [6.45, 7) is 2.79. The molecule has 0 bridgehead atoms. The number of carboxylic acid groups (broad SMARTS) is 1. The SMILES string of the molecule is CC(C)[C@H](NC(=O)[C@H](C)NC(=O)[C@H](Cc1c[nH]cn1)NC(=O)[C@H](CCC(N)=O)NC(=O)[C@H](CCCCN)NC(=O)[C@H](CO)NC(=O)[C@H](CS)NC(=O)[C@@H](N)CO)C(=O)N[C@@H](Cc1ccccc1)C(=O)N[C@@H](CCC(N)=O)C(=O)N[C@@H](Cc1ccc(O)cc1)C(=O)O. The monoisotopic (exact) mass is 1300 g/mol. The number of aromatic hydroxyl groups is 1. The predicted octanol–water partition coefficient (Wildman–Crippen LogP) is -6.35. The van der Waals surface area contributed by atoms with Gasteiger partial charge in [-0.2, -0.15) is 12.6 Å². The number of hydrogen-bond acceptors (Lipinski definition) is 20. The van der Waals surface area contributed by atoms with Crippen molar-refractivity contribution < 1.29 is 82.8 Å². The molecule has 0 spiro atoms. The number of hydrogen-bond donors (Lipinski definition) is 20. The van der Waals surface area contributed by atoms with Crippen molar-refractivity contribution in [2.75, 3.05) is 25.5 Å². The van der Waals surface area contributed by atoms with Crippen LogP contribution in [-0.4, -0.2) is 199 Å². The van der Waals surface area contributed by atoms with Crippen LogP contribution in [0.15, 0.2) is 67.1 Å². The molecule has 33 nitrogen and oxygen atoms in total. The van der Waals surface area contributed by atoms with Crippen molar-refractivity contribution in [3.63, 3.8) is 0 Å². The highest BCUT2D eigenvalue weighted by Crippen LogP contribution is 2.14. The second-order valence-electron chi connectivity index (χ2n) is 21.6. The lowest BCUT2D eigenvalue weighted by Crippen LogP contribution is -2.61. The maximum atomic E-state index is 14.3. The average molecular weight is 1300 g/mol. The molecule has 0 radical (unpaired) electrons. The molecule has 0 aliphatic heterocycles. The van der Waals surface area contributed by atoms with Crippen molar-refractivity contribution in [3.05, 3.63) is 83.9 Å². The topological polar surface area (TPSA) is 556 Å². The Morgan fingerprint density at radius 3 is 1.46 bits per heavy atom. The largest absolute Gasteiger partial charge is 0.508 e. The molecule has 2 aromatic carbocycles. The molecule has 0 aliphatic rings. The first-order chi connectivity index (χ1) is 43.1. The number of rotatable bonds is 41. The first-order valence-electron chi connectivity index (χ1n) is 29.0. The Morgan fingerprint density at radius 1 is 0.516 bits per heavy atom. The minimum atomic E-state index is -1.72. The number of amides is 12. The van der Waals surface area contributed by atoms with Crippen LogP contribution in [0.4, 0.5) is 0 Å². The highest BCUT2D eigenvalue weighted by atomic mass is 32.1. The number of unbranched alkanes of at least 4 members (excludes halogenated alkanes) is 1. The van der Waals surface area contributed by atoms with Crippen molar-refractivity contribution in [1.82, 2.24) is 63.1 Å². The van der Waals surface area contributed by atoms with Gasteiger partial charge in [0.1, 0.15) is 72.2 Å². The quantitative estimate of drug-likeness (QED) is 0.0186. The molecule has 0 saturated heterocycles. The Morgan fingerprint density at radius 2 is 0.967 bits per heavy atom. The Balaban J connectivity index is 1.86. The van der Waals surface area contributed by atoms with Crippen LogP contribution in [-0.2, 0) is 81.6 Å². The number of carboxylic acids is 1. The lowest BCUT2D eigenvalue weighted by molar-refractivity contribution is -0.142. The number of aromatic amines is 1. The molecule has 23 N–H and O–H groups in total. The summed E-state index contributed by atoms with van der Waals surface area (Å²) in [5.41, 5.74) is 23.2. The molecule has 12 amide bonds. The first-order valence-corrected chi connectivity index (χ1v) is 29.7. The van der Waals surface area contributed by atoms with E-state index in [2.05, 4.69) is 75.8 Å². The molecule has 3 aromatic rings. The highest BCUT2D eigenvalue weighted by molar-refractivity contribution is 7.80. The van der Waals surface area contributed by atoms with E-state index in [1.54, 1.807) is 44.2 Å². The normalized spacial score (nSPS) is 14.7. The van der Waals surface area contributed by atoms with Gasteiger partial charge in [0.25, 0.3) is 0 Å². The molecule has 1 heterocycles. The van der Waals surface area contributed by atoms with Gasteiger partial charge in [0.05, 0.1) is 25.2 Å². The molecule has 500 valence electrons. The van der Waals surface area contributed by atoms with Crippen molar-refractivity contribution in [2.45, 2.75) is 151 Å². The number of aliphatic carboxylic acids is 1. The van der Waals surface area contributed by atoms with E-state index in [0.717, 1.165) is 0 Å². The van der Waals surface area contributed by atoms with E-state index in [1.165, 1.54) is 43.7 Å². The zero-order valence-corrected chi connectivity index (χ0v) is 51.4. The summed E-state index contributed by atoms with van der Waals surface area (Å²) in [7, 11) is 0. The number of thiol groups is 1. The van der Waals surface area contributed by atoms with Crippen LogP contribution in [0.2, 0.25) is 0 Å². The number of carbonyl (C=O) groups is 13. The molecule has 34 heteroatoms. The molecule has 0 saturated carbocycles. The molecular weight excluding hydrogens is 1210 g/mol. The Hall–Kier alpha value is -9.25. The number of H-pyrrole nitrogens is 1. The fourth-order valence-corrected chi connectivity index (χ4v) is 8.92. The summed E-state index contributed by atoms with van der Waals surface area (Å²) in [6, 6.07) is -2.84. The summed E-state index contributed by atoms with van der Waals surface area (Å²) < 4.78 is 0. The molecular formula is C57H84N16O17S. The van der Waals surface area contributed by atoms with E-state index in [-0.39, 0.29) is 62.3 Å². The number of phenols is 1. The van der Waals surface area contributed by atoms with E-state index in [0.29, 0.717) is 17.5 Å². The van der Waals surface area contributed by atoms with E-state index < -0.39 is 182 Å². The van der Waals surface area contributed by atoms with Crippen LogP contribution in [0.1, 0.15) is 82.5 Å². The molecule has 0 unspecified atom stereocenters. The van der Waals surface area contributed by atoms with Gasteiger partial charge in [-0.1, -0.05) is 56.3 Å². The third kappa shape index (κ3) is 26.8. The van der Waals surface area contributed by atoms with Crippen molar-refractivity contribution >= 4 is 89.5 Å². The van der Waals surface area contributed by atoms with Gasteiger partial charge >= 0.3 is 5.97 Å². The predicted molar refractivity (Wildman–Crippen MR) is 327 cm³/mol. The highest BCUT2D eigenvalue weighted by Gasteiger charge is 2.37. The van der Waals surface area contributed by atoms with Crippen molar-refractivity contribution in [3.8, 4) is 5.75 Å². The second-order valence-corrected chi connectivity index (χ2v) is 21.9. The van der Waals surface area contributed by atoms with E-state index in [9.17, 15) is 82.8 Å². The zero-order valence-electron chi connectivity index (χ0n) is 50.5. The lowest BCUT2D eigenvalue weighted by atomic mass is 10.00. The number of imidazole rings is 1. The first kappa shape index (κ1) is 76.0. The van der Waals surface area contributed by atoms with Crippen LogP contribution < -0.4 is 76.1 Å². The van der Waals surface area contributed by atoms with Crippen molar-refractivity contribution in [2.24, 2.45) is 28.9 Å². The number of aromatic nitrogens is 2. The van der Waals surface area contributed by atoms with Gasteiger partial charge in [-0.05, 0) is 74.8 Å². The third-order valence-electron chi connectivity index (χ3n) is 13.9. The Labute approximate surface area is 529 Å². The summed E-state index contributed by atoms with van der Waals surface area (Å²) in [5.74, 6) is -14.1. The van der Waals surface area contributed by atoms with Crippen LogP contribution in [0.3, 0.4) is 0 Å². The van der Waals surface area contributed by atoms with Crippen LogP contribution in [0.25, 0.3) is 0 Å². The van der Waals surface area contributed by atoms with Gasteiger partial charge in [0.15, 0.2) is 0 Å². The van der Waals surface area contributed by atoms with Crippen LogP contribution >= 0.6 is 12.6 Å². The van der Waals surface area contributed by atoms with Crippen LogP contribution in [0, 0.1) is 5.92 Å². The van der Waals surface area contributed by atoms with Gasteiger partial charge in [0.2, 0.25) is 70.9 Å². The molecule has 1 aromatic heterocycles. The maximum Gasteiger partial charge on any atom is 0.326 e.